The Bertz CT molecular complexity index is 1260. The number of ether oxygens (including phenoxy) is 1. The van der Waals surface area contributed by atoms with E-state index in [9.17, 15) is 4.79 Å². The summed E-state index contributed by atoms with van der Waals surface area (Å²) in [5.74, 6) is -0.208. The van der Waals surface area contributed by atoms with Crippen molar-refractivity contribution in [2.24, 2.45) is 0 Å². The second kappa shape index (κ2) is 10.7. The number of rotatable bonds is 6. The van der Waals surface area contributed by atoms with Gasteiger partial charge in [-0.3, -0.25) is 19.6 Å². The number of amides is 1. The van der Waals surface area contributed by atoms with Crippen LogP contribution in [0.15, 0.2) is 48.7 Å². The Balaban J connectivity index is 0.00000259. The van der Waals surface area contributed by atoms with Crippen LogP contribution >= 0.6 is 35.3 Å². The van der Waals surface area contributed by atoms with E-state index in [2.05, 4.69) is 14.9 Å². The number of fused-ring (bicyclic) bond motifs is 2. The van der Waals surface area contributed by atoms with Gasteiger partial charge >= 0.3 is 0 Å². The van der Waals surface area contributed by atoms with Crippen molar-refractivity contribution in [3.8, 4) is 0 Å². The monoisotopic (exact) mass is 503 g/mol. The average molecular weight is 504 g/mol. The van der Waals surface area contributed by atoms with Crippen molar-refractivity contribution in [3.63, 3.8) is 0 Å². The minimum Gasteiger partial charge on any atom is -0.379 e. The van der Waals surface area contributed by atoms with Gasteiger partial charge in [0.2, 0.25) is 0 Å². The van der Waals surface area contributed by atoms with Crippen LogP contribution in [0.2, 0.25) is 5.02 Å². The van der Waals surface area contributed by atoms with Gasteiger partial charge in [-0.05, 0) is 30.7 Å². The SMILES string of the molecule is Cl.O=C(c1cnc2ccccc2n1)N(CCCN1CCOCC1)c1nc2c(Cl)cccc2s1. The van der Waals surface area contributed by atoms with E-state index in [4.69, 9.17) is 21.3 Å². The van der Waals surface area contributed by atoms with Gasteiger partial charge in [-0.1, -0.05) is 41.1 Å². The van der Waals surface area contributed by atoms with Gasteiger partial charge in [0.15, 0.2) is 5.13 Å². The molecule has 2 aromatic carbocycles. The summed E-state index contributed by atoms with van der Waals surface area (Å²) in [6, 6.07) is 13.2. The number of anilines is 1. The maximum atomic E-state index is 13.6. The zero-order valence-electron chi connectivity index (χ0n) is 17.8. The van der Waals surface area contributed by atoms with Crippen molar-refractivity contribution in [1.82, 2.24) is 19.9 Å². The van der Waals surface area contributed by atoms with Crippen molar-refractivity contribution in [1.29, 1.82) is 0 Å². The fraction of sp³-hybridized carbons (Fsp3) is 0.304. The van der Waals surface area contributed by atoms with E-state index >= 15 is 0 Å². The number of carbonyl (C=O) groups excluding carboxylic acids is 1. The Morgan fingerprint density at radius 3 is 2.67 bits per heavy atom. The highest BCUT2D eigenvalue weighted by atomic mass is 35.5. The molecule has 1 amide bonds. The van der Waals surface area contributed by atoms with Crippen LogP contribution in [0.3, 0.4) is 0 Å². The number of hydrogen-bond acceptors (Lipinski definition) is 7. The van der Waals surface area contributed by atoms with Crippen LogP contribution in [0.5, 0.6) is 0 Å². The highest BCUT2D eigenvalue weighted by Gasteiger charge is 2.24. The van der Waals surface area contributed by atoms with Gasteiger partial charge in [-0.2, -0.15) is 0 Å². The Morgan fingerprint density at radius 2 is 1.88 bits per heavy atom. The molecule has 0 N–H and O–H groups in total. The number of nitrogens with zero attached hydrogens (tertiary/aromatic N) is 5. The quantitative estimate of drug-likeness (QED) is 0.380. The summed E-state index contributed by atoms with van der Waals surface area (Å²) in [6.07, 6.45) is 2.36. The van der Waals surface area contributed by atoms with Crippen LogP contribution in [-0.2, 0) is 4.74 Å². The topological polar surface area (TPSA) is 71.5 Å². The molecule has 0 spiro atoms. The fourth-order valence-corrected chi connectivity index (χ4v) is 5.07. The molecule has 1 saturated heterocycles. The Labute approximate surface area is 206 Å². The maximum Gasteiger partial charge on any atom is 0.280 e. The molecule has 0 bridgehead atoms. The molecule has 0 saturated carbocycles. The summed E-state index contributed by atoms with van der Waals surface area (Å²) in [6.45, 7) is 4.77. The first kappa shape index (κ1) is 23.8. The predicted octanol–water partition coefficient (Wildman–Crippen LogP) is 4.68. The molecule has 0 aliphatic carbocycles. The number of aromatic nitrogens is 3. The fourth-order valence-electron chi connectivity index (χ4n) is 3.78. The van der Waals surface area contributed by atoms with Gasteiger partial charge in [0.05, 0.1) is 40.2 Å². The number of para-hydroxylation sites is 3. The van der Waals surface area contributed by atoms with Crippen LogP contribution in [0, 0.1) is 0 Å². The lowest BCUT2D eigenvalue weighted by Crippen LogP contribution is -2.39. The number of benzene rings is 2. The molecule has 1 fully saturated rings. The van der Waals surface area contributed by atoms with Crippen molar-refractivity contribution < 1.29 is 9.53 Å². The van der Waals surface area contributed by atoms with Crippen LogP contribution in [0.1, 0.15) is 16.9 Å². The van der Waals surface area contributed by atoms with Crippen LogP contribution in [-0.4, -0.2) is 65.2 Å². The van der Waals surface area contributed by atoms with Crippen molar-refractivity contribution in [2.45, 2.75) is 6.42 Å². The summed E-state index contributed by atoms with van der Waals surface area (Å²) in [5.41, 5.74) is 2.47. The van der Waals surface area contributed by atoms with Crippen LogP contribution in [0.4, 0.5) is 5.13 Å². The van der Waals surface area contributed by atoms with E-state index in [0.717, 1.165) is 49.5 Å². The Hall–Kier alpha value is -2.36. The highest BCUT2D eigenvalue weighted by molar-refractivity contribution is 7.22. The van der Waals surface area contributed by atoms with Crippen LogP contribution < -0.4 is 4.90 Å². The average Bonchev–Trinajstić information content (AvgIpc) is 3.27. The minimum atomic E-state index is -0.208. The van der Waals surface area contributed by atoms with E-state index in [1.165, 1.54) is 11.3 Å². The third-order valence-corrected chi connectivity index (χ3v) is 6.81. The second-order valence-corrected chi connectivity index (χ2v) is 9.01. The van der Waals surface area contributed by atoms with E-state index in [1.807, 2.05) is 42.5 Å². The summed E-state index contributed by atoms with van der Waals surface area (Å²) in [5, 5.41) is 1.20. The standard InChI is InChI=1S/C23H22ClN5O2S.ClH/c24-16-5-3-8-20-21(16)27-23(32-20)29(10-4-9-28-11-13-31-14-12-28)22(30)19-15-25-17-6-1-2-7-18(17)26-19;/h1-3,5-8,15H,4,9-14H2;1H. The number of morpholine rings is 1. The summed E-state index contributed by atoms with van der Waals surface area (Å²) >= 11 is 7.80. The first-order valence-corrected chi connectivity index (χ1v) is 11.8. The third-order valence-electron chi connectivity index (χ3n) is 5.46. The molecule has 2 aromatic heterocycles. The highest BCUT2D eigenvalue weighted by Crippen LogP contribution is 2.33. The Morgan fingerprint density at radius 1 is 1.09 bits per heavy atom. The lowest BCUT2D eigenvalue weighted by Gasteiger charge is -2.27. The molecule has 7 nitrogen and oxygen atoms in total. The second-order valence-electron chi connectivity index (χ2n) is 7.59. The summed E-state index contributed by atoms with van der Waals surface area (Å²) in [7, 11) is 0. The molecule has 3 heterocycles. The predicted molar refractivity (Wildman–Crippen MR) is 135 cm³/mol. The minimum absolute atomic E-state index is 0. The number of hydrogen-bond donors (Lipinski definition) is 0. The number of thiazole rings is 1. The van der Waals surface area contributed by atoms with Gasteiger partial charge in [0, 0.05) is 26.2 Å². The van der Waals surface area contributed by atoms with E-state index in [1.54, 1.807) is 11.1 Å². The molecule has 172 valence electrons. The van der Waals surface area contributed by atoms with E-state index < -0.39 is 0 Å². The molecule has 5 rings (SSSR count). The number of carbonyl (C=O) groups is 1. The third kappa shape index (κ3) is 5.26. The normalized spacial score (nSPS) is 14.3. The maximum absolute atomic E-state index is 13.6. The van der Waals surface area contributed by atoms with Gasteiger partial charge in [0.1, 0.15) is 11.2 Å². The molecule has 1 aliphatic rings. The molecule has 0 unspecified atom stereocenters. The van der Waals surface area contributed by atoms with Crippen molar-refractivity contribution >= 4 is 67.6 Å². The van der Waals surface area contributed by atoms with Gasteiger partial charge in [-0.25, -0.2) is 9.97 Å². The van der Waals surface area contributed by atoms with Crippen LogP contribution in [0.25, 0.3) is 21.3 Å². The first-order chi connectivity index (χ1) is 15.7. The molecule has 0 radical (unpaired) electrons. The zero-order chi connectivity index (χ0) is 21.9. The summed E-state index contributed by atoms with van der Waals surface area (Å²) < 4.78 is 6.38. The molecule has 1 aliphatic heterocycles. The molecular formula is C23H23Cl2N5O2S. The first-order valence-electron chi connectivity index (χ1n) is 10.6. The summed E-state index contributed by atoms with van der Waals surface area (Å²) in [4.78, 5) is 31.3. The largest absolute Gasteiger partial charge is 0.379 e. The van der Waals surface area contributed by atoms with E-state index in [0.29, 0.717) is 33.4 Å². The molecule has 0 atom stereocenters. The number of halogens is 2. The van der Waals surface area contributed by atoms with E-state index in [-0.39, 0.29) is 18.3 Å². The lowest BCUT2D eigenvalue weighted by molar-refractivity contribution is 0.0376. The lowest BCUT2D eigenvalue weighted by atomic mass is 10.2. The molecule has 33 heavy (non-hydrogen) atoms. The molecular weight excluding hydrogens is 481 g/mol. The smallest absolute Gasteiger partial charge is 0.280 e. The molecule has 4 aromatic rings. The van der Waals surface area contributed by atoms with Gasteiger partial charge in [-0.15, -0.1) is 12.4 Å². The Kier molecular flexibility index (Phi) is 7.72. The zero-order valence-corrected chi connectivity index (χ0v) is 20.2. The van der Waals surface area contributed by atoms with Crippen molar-refractivity contribution in [3.05, 3.63) is 59.4 Å². The van der Waals surface area contributed by atoms with Gasteiger partial charge < -0.3 is 4.74 Å². The van der Waals surface area contributed by atoms with Gasteiger partial charge in [0.25, 0.3) is 5.91 Å². The van der Waals surface area contributed by atoms with Crippen molar-refractivity contribution in [2.75, 3.05) is 44.3 Å². The molecule has 10 heteroatoms.